The summed E-state index contributed by atoms with van der Waals surface area (Å²) in [5.41, 5.74) is 1.84. The molecular weight excluding hydrogens is 324 g/mol. The van der Waals surface area contributed by atoms with Crippen molar-refractivity contribution in [3.63, 3.8) is 0 Å². The summed E-state index contributed by atoms with van der Waals surface area (Å²) in [6.45, 7) is 4.19. The van der Waals surface area contributed by atoms with Crippen LogP contribution in [0, 0.1) is 5.92 Å². The van der Waals surface area contributed by atoms with Crippen LogP contribution in [0.25, 0.3) is 17.0 Å². The fourth-order valence-corrected chi connectivity index (χ4v) is 2.50. The molecule has 2 N–H and O–H groups in total. The molecule has 7 nitrogen and oxygen atoms in total. The lowest BCUT2D eigenvalue weighted by molar-refractivity contribution is 0.625. The van der Waals surface area contributed by atoms with E-state index in [2.05, 4.69) is 54.8 Å². The van der Waals surface area contributed by atoms with Crippen LogP contribution in [0.1, 0.15) is 19.5 Å². The van der Waals surface area contributed by atoms with E-state index in [0.717, 1.165) is 12.1 Å². The SMILES string of the molecule is CC(C)Cc1[nH]n(-c2ncnc3nc[nH]c23)c(=O)c1Br. The molecule has 0 bridgehead atoms. The van der Waals surface area contributed by atoms with E-state index in [4.69, 9.17) is 0 Å². The van der Waals surface area contributed by atoms with Gasteiger partial charge < -0.3 is 4.98 Å². The molecule has 0 amide bonds. The van der Waals surface area contributed by atoms with Gasteiger partial charge in [-0.2, -0.15) is 4.68 Å². The Morgan fingerprint density at radius 1 is 1.35 bits per heavy atom. The summed E-state index contributed by atoms with van der Waals surface area (Å²) in [6, 6.07) is 0. The molecule has 8 heteroatoms. The maximum absolute atomic E-state index is 12.3. The Kier molecular flexibility index (Phi) is 3.17. The molecule has 0 aliphatic heterocycles. The van der Waals surface area contributed by atoms with Gasteiger partial charge in [0.15, 0.2) is 11.5 Å². The minimum absolute atomic E-state index is 0.171. The Morgan fingerprint density at radius 3 is 2.90 bits per heavy atom. The van der Waals surface area contributed by atoms with Gasteiger partial charge in [0.2, 0.25) is 0 Å². The minimum atomic E-state index is -0.171. The van der Waals surface area contributed by atoms with Gasteiger partial charge in [0, 0.05) is 0 Å². The van der Waals surface area contributed by atoms with Crippen LogP contribution < -0.4 is 5.56 Å². The molecule has 0 aliphatic carbocycles. The van der Waals surface area contributed by atoms with E-state index >= 15 is 0 Å². The first kappa shape index (κ1) is 13.0. The van der Waals surface area contributed by atoms with Gasteiger partial charge in [0.1, 0.15) is 16.3 Å². The molecular formula is C12H13BrN6O. The third kappa shape index (κ3) is 2.05. The number of aromatic amines is 2. The molecule has 0 radical (unpaired) electrons. The molecule has 0 saturated heterocycles. The van der Waals surface area contributed by atoms with Crippen molar-refractivity contribution in [1.29, 1.82) is 0 Å². The number of fused-ring (bicyclic) bond motifs is 1. The number of hydrogen-bond donors (Lipinski definition) is 2. The van der Waals surface area contributed by atoms with Crippen LogP contribution in [-0.4, -0.2) is 29.7 Å². The van der Waals surface area contributed by atoms with E-state index in [-0.39, 0.29) is 5.56 Å². The Labute approximate surface area is 122 Å². The fourth-order valence-electron chi connectivity index (χ4n) is 2.08. The largest absolute Gasteiger partial charge is 0.340 e. The molecule has 0 aromatic carbocycles. The highest BCUT2D eigenvalue weighted by atomic mass is 79.9. The third-order valence-corrected chi connectivity index (χ3v) is 3.75. The molecule has 0 spiro atoms. The molecule has 0 aliphatic rings. The predicted molar refractivity (Wildman–Crippen MR) is 77.9 cm³/mol. The van der Waals surface area contributed by atoms with Gasteiger partial charge in [-0.25, -0.2) is 15.0 Å². The predicted octanol–water partition coefficient (Wildman–Crippen LogP) is 1.79. The average molecular weight is 337 g/mol. The Balaban J connectivity index is 2.20. The van der Waals surface area contributed by atoms with Crippen LogP contribution in [0.2, 0.25) is 0 Å². The Bertz CT molecular complexity index is 815. The molecule has 0 atom stereocenters. The molecule has 104 valence electrons. The summed E-state index contributed by atoms with van der Waals surface area (Å²) in [4.78, 5) is 27.6. The van der Waals surface area contributed by atoms with Gasteiger partial charge in [0.05, 0.1) is 12.0 Å². The standard InChI is InChI=1S/C12H13BrN6O/c1-6(2)3-7-8(13)12(20)19(18-7)11-9-10(15-4-14-9)16-5-17-11/h4-6,18H,3H2,1-2H3,(H,14,15,16,17). The van der Waals surface area contributed by atoms with Crippen LogP contribution in [0.5, 0.6) is 0 Å². The second-order valence-corrected chi connectivity index (χ2v) is 5.73. The Hall–Kier alpha value is -1.96. The lowest BCUT2D eigenvalue weighted by Gasteiger charge is -2.03. The van der Waals surface area contributed by atoms with E-state index in [1.807, 2.05) is 0 Å². The second kappa shape index (κ2) is 4.86. The van der Waals surface area contributed by atoms with Crippen molar-refractivity contribution in [1.82, 2.24) is 29.7 Å². The van der Waals surface area contributed by atoms with Gasteiger partial charge in [-0.05, 0) is 28.3 Å². The normalized spacial score (nSPS) is 11.6. The maximum atomic E-state index is 12.3. The van der Waals surface area contributed by atoms with Crippen molar-refractivity contribution in [3.05, 3.63) is 33.2 Å². The van der Waals surface area contributed by atoms with E-state index in [0.29, 0.717) is 27.4 Å². The van der Waals surface area contributed by atoms with Gasteiger partial charge in [0.25, 0.3) is 5.56 Å². The number of aromatic nitrogens is 6. The van der Waals surface area contributed by atoms with Crippen LogP contribution in [0.15, 0.2) is 21.9 Å². The number of halogens is 1. The molecule has 0 saturated carbocycles. The number of H-pyrrole nitrogens is 2. The highest BCUT2D eigenvalue weighted by Gasteiger charge is 2.17. The third-order valence-electron chi connectivity index (χ3n) is 2.93. The lowest BCUT2D eigenvalue weighted by atomic mass is 10.1. The zero-order valence-electron chi connectivity index (χ0n) is 11.0. The van der Waals surface area contributed by atoms with E-state index in [9.17, 15) is 4.79 Å². The summed E-state index contributed by atoms with van der Waals surface area (Å²) in [6.07, 6.45) is 3.70. The van der Waals surface area contributed by atoms with Crippen molar-refractivity contribution in [2.24, 2.45) is 5.92 Å². The maximum Gasteiger partial charge on any atom is 0.287 e. The lowest BCUT2D eigenvalue weighted by Crippen LogP contribution is -2.16. The summed E-state index contributed by atoms with van der Waals surface area (Å²) in [5.74, 6) is 0.906. The number of imidazole rings is 1. The first-order valence-electron chi connectivity index (χ1n) is 6.21. The zero-order valence-corrected chi connectivity index (χ0v) is 12.6. The highest BCUT2D eigenvalue weighted by Crippen LogP contribution is 2.18. The van der Waals surface area contributed by atoms with E-state index in [1.54, 1.807) is 0 Å². The van der Waals surface area contributed by atoms with Crippen LogP contribution in [0.3, 0.4) is 0 Å². The van der Waals surface area contributed by atoms with Gasteiger partial charge in [-0.3, -0.25) is 9.89 Å². The van der Waals surface area contributed by atoms with E-state index in [1.165, 1.54) is 17.3 Å². The number of rotatable bonds is 3. The zero-order chi connectivity index (χ0) is 14.3. The van der Waals surface area contributed by atoms with Crippen molar-refractivity contribution in [2.45, 2.75) is 20.3 Å². The molecule has 20 heavy (non-hydrogen) atoms. The Morgan fingerprint density at radius 2 is 2.15 bits per heavy atom. The highest BCUT2D eigenvalue weighted by molar-refractivity contribution is 9.10. The van der Waals surface area contributed by atoms with E-state index < -0.39 is 0 Å². The topological polar surface area (TPSA) is 92.2 Å². The van der Waals surface area contributed by atoms with Crippen molar-refractivity contribution in [2.75, 3.05) is 0 Å². The number of hydrogen-bond acceptors (Lipinski definition) is 4. The summed E-state index contributed by atoms with van der Waals surface area (Å²) < 4.78 is 1.95. The van der Waals surface area contributed by atoms with Crippen LogP contribution >= 0.6 is 15.9 Å². The first-order chi connectivity index (χ1) is 9.58. The molecule has 3 heterocycles. The summed E-state index contributed by atoms with van der Waals surface area (Å²) in [5, 5.41) is 3.10. The molecule has 3 rings (SSSR count). The second-order valence-electron chi connectivity index (χ2n) is 4.94. The van der Waals surface area contributed by atoms with Crippen molar-refractivity contribution < 1.29 is 0 Å². The molecule has 3 aromatic rings. The van der Waals surface area contributed by atoms with Crippen molar-refractivity contribution >= 4 is 27.1 Å². The van der Waals surface area contributed by atoms with Gasteiger partial charge in [-0.15, -0.1) is 0 Å². The number of nitrogens with zero attached hydrogens (tertiary/aromatic N) is 4. The average Bonchev–Trinajstić information content (AvgIpc) is 2.98. The summed E-state index contributed by atoms with van der Waals surface area (Å²) in [7, 11) is 0. The minimum Gasteiger partial charge on any atom is -0.340 e. The van der Waals surface area contributed by atoms with Crippen LogP contribution in [0.4, 0.5) is 0 Å². The quantitative estimate of drug-likeness (QED) is 0.762. The fraction of sp³-hybridized carbons (Fsp3) is 0.333. The number of nitrogens with one attached hydrogen (secondary N) is 2. The van der Waals surface area contributed by atoms with Crippen LogP contribution in [-0.2, 0) is 6.42 Å². The first-order valence-corrected chi connectivity index (χ1v) is 7.01. The van der Waals surface area contributed by atoms with Gasteiger partial charge >= 0.3 is 0 Å². The molecule has 0 fully saturated rings. The molecule has 0 unspecified atom stereocenters. The molecule has 3 aromatic heterocycles. The van der Waals surface area contributed by atoms with Crippen molar-refractivity contribution in [3.8, 4) is 5.82 Å². The van der Waals surface area contributed by atoms with Gasteiger partial charge in [-0.1, -0.05) is 13.8 Å². The monoisotopic (exact) mass is 336 g/mol. The summed E-state index contributed by atoms with van der Waals surface area (Å²) >= 11 is 3.35. The smallest absolute Gasteiger partial charge is 0.287 e.